The Kier molecular flexibility index (Phi) is 11.0. The molecule has 0 saturated carbocycles. The van der Waals surface area contributed by atoms with E-state index in [1.165, 1.54) is 0 Å². The van der Waals surface area contributed by atoms with Crippen molar-refractivity contribution in [1.29, 1.82) is 0 Å². The highest BCUT2D eigenvalue weighted by Crippen LogP contribution is 2.20. The van der Waals surface area contributed by atoms with E-state index in [9.17, 15) is 8.42 Å². The molecule has 0 aliphatic heterocycles. The molecule has 0 fully saturated rings. The van der Waals surface area contributed by atoms with Crippen LogP contribution in [-0.4, -0.2) is 46.1 Å². The third kappa shape index (κ3) is 8.18. The number of halogens is 1. The Balaban J connectivity index is 0.00000529. The van der Waals surface area contributed by atoms with Crippen LogP contribution in [0.3, 0.4) is 0 Å². The van der Waals surface area contributed by atoms with Crippen molar-refractivity contribution in [3.8, 4) is 5.75 Å². The van der Waals surface area contributed by atoms with Crippen molar-refractivity contribution < 1.29 is 13.2 Å². The molecule has 0 unspecified atom stereocenters. The van der Waals surface area contributed by atoms with Crippen molar-refractivity contribution >= 4 is 39.8 Å². The fourth-order valence-electron chi connectivity index (χ4n) is 1.97. The van der Waals surface area contributed by atoms with Gasteiger partial charge in [-0.2, -0.15) is 0 Å². The lowest BCUT2D eigenvalue weighted by atomic mass is 10.1. The molecule has 0 heterocycles. The van der Waals surface area contributed by atoms with E-state index in [4.69, 9.17) is 4.74 Å². The zero-order chi connectivity index (χ0) is 17.3. The van der Waals surface area contributed by atoms with E-state index in [0.29, 0.717) is 25.7 Å². The van der Waals surface area contributed by atoms with Gasteiger partial charge in [0.05, 0.1) is 12.4 Å². The zero-order valence-electron chi connectivity index (χ0n) is 14.8. The Bertz CT molecular complexity index is 633. The van der Waals surface area contributed by atoms with E-state index >= 15 is 0 Å². The van der Waals surface area contributed by atoms with Crippen LogP contribution in [0.2, 0.25) is 0 Å². The number of aryl methyl sites for hydroxylation is 1. The third-order valence-corrected chi connectivity index (χ3v) is 5.04. The average molecular weight is 469 g/mol. The summed E-state index contributed by atoms with van der Waals surface area (Å²) >= 11 is 0. The van der Waals surface area contributed by atoms with Gasteiger partial charge in [0, 0.05) is 31.5 Å². The lowest BCUT2D eigenvalue weighted by Gasteiger charge is -2.15. The Labute approximate surface area is 162 Å². The predicted molar refractivity (Wildman–Crippen MR) is 110 cm³/mol. The number of aliphatic imine (C=N–C) groups is 1. The number of nitrogens with zero attached hydrogens (tertiary/aromatic N) is 1. The summed E-state index contributed by atoms with van der Waals surface area (Å²) in [4.78, 5) is 4.10. The monoisotopic (exact) mass is 469 g/mol. The van der Waals surface area contributed by atoms with Crippen molar-refractivity contribution in [2.24, 2.45) is 4.99 Å². The maximum Gasteiger partial charge on any atom is 0.191 e. The molecule has 0 aromatic heterocycles. The summed E-state index contributed by atoms with van der Waals surface area (Å²) in [6, 6.07) is 6.05. The topological polar surface area (TPSA) is 79.8 Å². The first-order valence-corrected chi connectivity index (χ1v) is 9.61. The molecule has 0 atom stereocenters. The molecule has 0 spiro atoms. The van der Waals surface area contributed by atoms with Crippen molar-refractivity contribution in [2.45, 2.75) is 27.3 Å². The quantitative estimate of drug-likeness (QED) is 0.347. The van der Waals surface area contributed by atoms with Crippen LogP contribution in [0.4, 0.5) is 0 Å². The Morgan fingerprint density at radius 2 is 1.96 bits per heavy atom. The molecule has 24 heavy (non-hydrogen) atoms. The fraction of sp³-hybridized carbons (Fsp3) is 0.562. The summed E-state index contributed by atoms with van der Waals surface area (Å²) in [7, 11) is -1.32. The van der Waals surface area contributed by atoms with Gasteiger partial charge in [-0.1, -0.05) is 19.1 Å². The van der Waals surface area contributed by atoms with E-state index in [-0.39, 0.29) is 35.5 Å². The summed E-state index contributed by atoms with van der Waals surface area (Å²) in [6.07, 6.45) is 0. The van der Waals surface area contributed by atoms with Gasteiger partial charge in [0.1, 0.15) is 5.75 Å². The number of hydrogen-bond acceptors (Lipinski definition) is 4. The van der Waals surface area contributed by atoms with Gasteiger partial charge in [0.2, 0.25) is 0 Å². The minimum absolute atomic E-state index is 0. The van der Waals surface area contributed by atoms with Crippen molar-refractivity contribution in [3.05, 3.63) is 29.3 Å². The Morgan fingerprint density at radius 1 is 1.25 bits per heavy atom. The first kappa shape index (κ1) is 23.0. The summed E-state index contributed by atoms with van der Waals surface area (Å²) in [6.45, 7) is 7.12. The van der Waals surface area contributed by atoms with E-state index in [1.54, 1.807) is 14.0 Å². The molecule has 0 aliphatic rings. The van der Waals surface area contributed by atoms with Crippen molar-refractivity contribution in [1.82, 2.24) is 10.6 Å². The molecule has 0 bridgehead atoms. The summed E-state index contributed by atoms with van der Waals surface area (Å²) in [5, 5.41) is 6.18. The second-order valence-electron chi connectivity index (χ2n) is 5.13. The van der Waals surface area contributed by atoms with Gasteiger partial charge < -0.3 is 15.4 Å². The molecule has 138 valence electrons. The molecule has 0 amide bonds. The summed E-state index contributed by atoms with van der Waals surface area (Å²) < 4.78 is 28.6. The maximum absolute atomic E-state index is 11.5. The minimum Gasteiger partial charge on any atom is -0.494 e. The molecule has 0 aliphatic carbocycles. The largest absolute Gasteiger partial charge is 0.494 e. The number of sulfone groups is 1. The van der Waals surface area contributed by atoms with Crippen LogP contribution in [0.1, 0.15) is 25.0 Å². The van der Waals surface area contributed by atoms with Crippen LogP contribution >= 0.6 is 24.0 Å². The van der Waals surface area contributed by atoms with Gasteiger partial charge in [0.25, 0.3) is 0 Å². The molecule has 8 heteroatoms. The number of rotatable bonds is 8. The third-order valence-electron chi connectivity index (χ3n) is 3.34. The highest BCUT2D eigenvalue weighted by Gasteiger charge is 2.08. The molecule has 6 nitrogen and oxygen atoms in total. The van der Waals surface area contributed by atoms with E-state index in [2.05, 4.69) is 15.6 Å². The summed E-state index contributed by atoms with van der Waals surface area (Å²) in [5.41, 5.74) is 2.17. The van der Waals surface area contributed by atoms with Gasteiger partial charge in [-0.3, -0.25) is 4.99 Å². The first-order chi connectivity index (χ1) is 10.9. The van der Waals surface area contributed by atoms with Gasteiger partial charge in [-0.05, 0) is 25.5 Å². The number of benzene rings is 1. The Hall–Kier alpha value is -1.03. The van der Waals surface area contributed by atoms with E-state index in [1.807, 2.05) is 32.0 Å². The SMILES string of the molecule is CCOc1cc(C)ccc1CNC(=NC)NCCS(=O)(=O)CC.I. The molecule has 1 aromatic rings. The van der Waals surface area contributed by atoms with Gasteiger partial charge >= 0.3 is 0 Å². The molecular weight excluding hydrogens is 441 g/mol. The Morgan fingerprint density at radius 3 is 2.54 bits per heavy atom. The van der Waals surface area contributed by atoms with Crippen LogP contribution in [0.15, 0.2) is 23.2 Å². The van der Waals surface area contributed by atoms with Crippen LogP contribution in [0.25, 0.3) is 0 Å². The fourth-order valence-corrected chi connectivity index (χ4v) is 2.67. The average Bonchev–Trinajstić information content (AvgIpc) is 2.52. The zero-order valence-corrected chi connectivity index (χ0v) is 17.9. The van der Waals surface area contributed by atoms with Crippen LogP contribution < -0.4 is 15.4 Å². The number of guanidine groups is 1. The molecule has 1 aromatic carbocycles. The van der Waals surface area contributed by atoms with E-state index in [0.717, 1.165) is 16.9 Å². The number of nitrogens with one attached hydrogen (secondary N) is 2. The molecule has 0 radical (unpaired) electrons. The highest BCUT2D eigenvalue weighted by molar-refractivity contribution is 14.0. The van der Waals surface area contributed by atoms with Crippen LogP contribution in [0.5, 0.6) is 5.75 Å². The smallest absolute Gasteiger partial charge is 0.191 e. The standard InChI is InChI=1S/C16H27N3O3S.HI/c1-5-22-15-11-13(3)7-8-14(15)12-19-16(17-4)18-9-10-23(20,21)6-2;/h7-8,11H,5-6,9-10,12H2,1-4H3,(H2,17,18,19);1H. The van der Waals surface area contributed by atoms with Gasteiger partial charge in [-0.15, -0.1) is 24.0 Å². The maximum atomic E-state index is 11.5. The molecule has 0 saturated heterocycles. The lowest BCUT2D eigenvalue weighted by Crippen LogP contribution is -2.39. The molecule has 1 rings (SSSR count). The summed E-state index contributed by atoms with van der Waals surface area (Å²) in [5.74, 6) is 1.67. The van der Waals surface area contributed by atoms with Crippen LogP contribution in [-0.2, 0) is 16.4 Å². The first-order valence-electron chi connectivity index (χ1n) is 7.79. The van der Waals surface area contributed by atoms with Crippen molar-refractivity contribution in [3.63, 3.8) is 0 Å². The van der Waals surface area contributed by atoms with Gasteiger partial charge in [-0.25, -0.2) is 8.42 Å². The normalized spacial score (nSPS) is 11.6. The number of hydrogen-bond donors (Lipinski definition) is 2. The molecular formula is C16H28IN3O3S. The second kappa shape index (κ2) is 11.5. The number of ether oxygens (including phenoxy) is 1. The van der Waals surface area contributed by atoms with Gasteiger partial charge in [0.15, 0.2) is 15.8 Å². The lowest BCUT2D eigenvalue weighted by molar-refractivity contribution is 0.336. The predicted octanol–water partition coefficient (Wildman–Crippen LogP) is 2.11. The second-order valence-corrected chi connectivity index (χ2v) is 7.61. The van der Waals surface area contributed by atoms with Crippen LogP contribution in [0, 0.1) is 6.92 Å². The van der Waals surface area contributed by atoms with E-state index < -0.39 is 9.84 Å². The molecule has 2 N–H and O–H groups in total. The highest BCUT2D eigenvalue weighted by atomic mass is 127. The van der Waals surface area contributed by atoms with Crippen molar-refractivity contribution in [2.75, 3.05) is 31.7 Å². The minimum atomic E-state index is -2.97.